The van der Waals surface area contributed by atoms with Gasteiger partial charge in [-0.15, -0.1) is 0 Å². The molecule has 1 aromatic carbocycles. The van der Waals surface area contributed by atoms with Crippen LogP contribution in [-0.4, -0.2) is 15.7 Å². The van der Waals surface area contributed by atoms with Gasteiger partial charge in [0.1, 0.15) is 0 Å². The SMILES string of the molecule is CC(C)(N)C(C)(C)c1nc(C2CCc3ccccc32)no1. The molecule has 0 spiro atoms. The predicted octanol–water partition coefficient (Wildman–Crippen LogP) is 3.16. The third-order valence-electron chi connectivity index (χ3n) is 5.03. The molecular formula is C17H23N3O. The molecule has 0 bridgehead atoms. The number of fused-ring (bicyclic) bond motifs is 1. The van der Waals surface area contributed by atoms with Gasteiger partial charge in [0.15, 0.2) is 5.82 Å². The number of hydrogen-bond donors (Lipinski definition) is 1. The molecule has 1 atom stereocenters. The van der Waals surface area contributed by atoms with Gasteiger partial charge in [-0.25, -0.2) is 0 Å². The fourth-order valence-electron chi connectivity index (χ4n) is 2.73. The Kier molecular flexibility index (Phi) is 3.17. The van der Waals surface area contributed by atoms with Crippen LogP contribution in [-0.2, 0) is 11.8 Å². The second-order valence-electron chi connectivity index (χ2n) is 7.09. The van der Waals surface area contributed by atoms with Crippen LogP contribution in [0.15, 0.2) is 28.8 Å². The fraction of sp³-hybridized carbons (Fsp3) is 0.529. The summed E-state index contributed by atoms with van der Waals surface area (Å²) in [5.41, 5.74) is 8.19. The van der Waals surface area contributed by atoms with Gasteiger partial charge >= 0.3 is 0 Å². The second-order valence-corrected chi connectivity index (χ2v) is 7.09. The van der Waals surface area contributed by atoms with Crippen molar-refractivity contribution in [2.24, 2.45) is 5.73 Å². The number of benzene rings is 1. The van der Waals surface area contributed by atoms with Crippen LogP contribution in [0.5, 0.6) is 0 Å². The van der Waals surface area contributed by atoms with Crippen molar-refractivity contribution in [3.63, 3.8) is 0 Å². The molecular weight excluding hydrogens is 262 g/mol. The minimum atomic E-state index is -0.426. The lowest BCUT2D eigenvalue weighted by atomic mass is 9.75. The van der Waals surface area contributed by atoms with Gasteiger partial charge in [-0.1, -0.05) is 29.4 Å². The molecule has 0 saturated carbocycles. The molecule has 2 N–H and O–H groups in total. The number of nitrogens with zero attached hydrogens (tertiary/aromatic N) is 2. The van der Waals surface area contributed by atoms with Gasteiger partial charge in [0, 0.05) is 11.5 Å². The van der Waals surface area contributed by atoms with E-state index >= 15 is 0 Å². The maximum atomic E-state index is 6.26. The Morgan fingerprint density at radius 2 is 1.90 bits per heavy atom. The molecule has 1 heterocycles. The highest BCUT2D eigenvalue weighted by molar-refractivity contribution is 5.38. The molecule has 1 aliphatic carbocycles. The van der Waals surface area contributed by atoms with Gasteiger partial charge < -0.3 is 10.3 Å². The molecule has 0 saturated heterocycles. The molecule has 1 aliphatic rings. The van der Waals surface area contributed by atoms with Crippen molar-refractivity contribution in [1.29, 1.82) is 0 Å². The summed E-state index contributed by atoms with van der Waals surface area (Å²) in [4.78, 5) is 4.67. The predicted molar refractivity (Wildman–Crippen MR) is 82.2 cm³/mol. The summed E-state index contributed by atoms with van der Waals surface area (Å²) in [5, 5.41) is 4.24. The maximum absolute atomic E-state index is 6.26. The third-order valence-corrected chi connectivity index (χ3v) is 5.03. The van der Waals surface area contributed by atoms with Crippen LogP contribution >= 0.6 is 0 Å². The molecule has 0 amide bonds. The molecule has 1 unspecified atom stereocenters. The largest absolute Gasteiger partial charge is 0.339 e. The molecule has 1 aromatic heterocycles. The molecule has 0 aliphatic heterocycles. The average molecular weight is 285 g/mol. The summed E-state index contributed by atoms with van der Waals surface area (Å²) in [7, 11) is 0. The maximum Gasteiger partial charge on any atom is 0.234 e. The molecule has 21 heavy (non-hydrogen) atoms. The number of nitrogens with two attached hydrogens (primary N) is 1. The number of aromatic nitrogens is 2. The van der Waals surface area contributed by atoms with Crippen molar-refractivity contribution in [3.05, 3.63) is 47.1 Å². The van der Waals surface area contributed by atoms with Crippen molar-refractivity contribution in [2.75, 3.05) is 0 Å². The van der Waals surface area contributed by atoms with Crippen LogP contribution in [0.4, 0.5) is 0 Å². The molecule has 112 valence electrons. The zero-order chi connectivity index (χ0) is 15.3. The van der Waals surface area contributed by atoms with E-state index in [1.165, 1.54) is 11.1 Å². The van der Waals surface area contributed by atoms with Gasteiger partial charge in [0.2, 0.25) is 5.89 Å². The first-order chi connectivity index (χ1) is 9.80. The Labute approximate surface area is 125 Å². The number of rotatable bonds is 3. The van der Waals surface area contributed by atoms with Crippen LogP contribution < -0.4 is 5.73 Å². The zero-order valence-corrected chi connectivity index (χ0v) is 13.2. The van der Waals surface area contributed by atoms with Gasteiger partial charge in [0.05, 0.1) is 5.41 Å². The first-order valence-electron chi connectivity index (χ1n) is 7.51. The average Bonchev–Trinajstić information content (AvgIpc) is 3.03. The fourth-order valence-corrected chi connectivity index (χ4v) is 2.73. The van der Waals surface area contributed by atoms with Crippen LogP contribution in [0.1, 0.15) is 62.9 Å². The van der Waals surface area contributed by atoms with Crippen molar-refractivity contribution >= 4 is 0 Å². The van der Waals surface area contributed by atoms with E-state index in [1.807, 2.05) is 27.7 Å². The minimum absolute atomic E-state index is 0.246. The van der Waals surface area contributed by atoms with Crippen LogP contribution in [0, 0.1) is 0 Å². The van der Waals surface area contributed by atoms with E-state index in [1.54, 1.807) is 0 Å². The number of hydrogen-bond acceptors (Lipinski definition) is 4. The summed E-state index contributed by atoms with van der Waals surface area (Å²) < 4.78 is 5.54. The highest BCUT2D eigenvalue weighted by atomic mass is 16.5. The van der Waals surface area contributed by atoms with Crippen LogP contribution in [0.3, 0.4) is 0 Å². The lowest BCUT2D eigenvalue weighted by Gasteiger charge is -2.34. The Balaban J connectivity index is 1.94. The van der Waals surface area contributed by atoms with Crippen LogP contribution in [0.25, 0.3) is 0 Å². The second kappa shape index (κ2) is 4.67. The Bertz CT molecular complexity index is 652. The molecule has 3 rings (SSSR count). The monoisotopic (exact) mass is 285 g/mol. The zero-order valence-electron chi connectivity index (χ0n) is 13.2. The van der Waals surface area contributed by atoms with Crippen molar-refractivity contribution in [1.82, 2.24) is 10.1 Å². The molecule has 4 heteroatoms. The summed E-state index contributed by atoms with van der Waals surface area (Å²) >= 11 is 0. The third kappa shape index (κ3) is 2.27. The topological polar surface area (TPSA) is 64.9 Å². The number of aryl methyl sites for hydroxylation is 1. The van der Waals surface area contributed by atoms with Gasteiger partial charge in [-0.2, -0.15) is 4.98 Å². The molecule has 0 fully saturated rings. The van der Waals surface area contributed by atoms with Gasteiger partial charge in [-0.3, -0.25) is 0 Å². The van der Waals surface area contributed by atoms with E-state index in [4.69, 9.17) is 10.3 Å². The van der Waals surface area contributed by atoms with E-state index in [0.717, 1.165) is 18.7 Å². The van der Waals surface area contributed by atoms with Crippen molar-refractivity contribution in [2.45, 2.75) is 57.4 Å². The normalized spacial score (nSPS) is 18.8. The summed E-state index contributed by atoms with van der Waals surface area (Å²) in [5.74, 6) is 1.65. The highest BCUT2D eigenvalue weighted by Crippen LogP contribution is 2.38. The van der Waals surface area contributed by atoms with E-state index in [9.17, 15) is 0 Å². The Morgan fingerprint density at radius 1 is 1.19 bits per heavy atom. The molecule has 4 nitrogen and oxygen atoms in total. The van der Waals surface area contributed by atoms with Gasteiger partial charge in [-0.05, 0) is 51.7 Å². The summed E-state index contributed by atoms with van der Waals surface area (Å²) in [6.07, 6.45) is 2.13. The smallest absolute Gasteiger partial charge is 0.234 e. The molecule has 0 radical (unpaired) electrons. The van der Waals surface area contributed by atoms with Gasteiger partial charge in [0.25, 0.3) is 0 Å². The Hall–Kier alpha value is -1.68. The van der Waals surface area contributed by atoms with Crippen LogP contribution in [0.2, 0.25) is 0 Å². The highest BCUT2D eigenvalue weighted by Gasteiger charge is 2.41. The first-order valence-corrected chi connectivity index (χ1v) is 7.51. The van der Waals surface area contributed by atoms with E-state index in [0.29, 0.717) is 5.89 Å². The minimum Gasteiger partial charge on any atom is -0.339 e. The van der Waals surface area contributed by atoms with Crippen molar-refractivity contribution < 1.29 is 4.52 Å². The first kappa shape index (κ1) is 14.3. The van der Waals surface area contributed by atoms with Crippen molar-refractivity contribution in [3.8, 4) is 0 Å². The van der Waals surface area contributed by atoms with E-state index in [-0.39, 0.29) is 11.3 Å². The van der Waals surface area contributed by atoms with E-state index in [2.05, 4.69) is 34.4 Å². The quantitative estimate of drug-likeness (QED) is 0.940. The van der Waals surface area contributed by atoms with E-state index < -0.39 is 5.54 Å². The summed E-state index contributed by atoms with van der Waals surface area (Å²) in [6.45, 7) is 8.07. The lowest BCUT2D eigenvalue weighted by Crippen LogP contribution is -2.50. The lowest BCUT2D eigenvalue weighted by molar-refractivity contribution is 0.222. The Morgan fingerprint density at radius 3 is 2.62 bits per heavy atom. The molecule has 2 aromatic rings. The standard InChI is InChI=1S/C17H23N3O/c1-16(2,17(3,4)18)15-19-14(20-21-15)13-10-9-11-7-5-6-8-12(11)13/h5-8,13H,9-10,18H2,1-4H3. The summed E-state index contributed by atoms with van der Waals surface area (Å²) in [6, 6.07) is 8.51.